The van der Waals surface area contributed by atoms with Gasteiger partial charge in [0.15, 0.2) is 5.75 Å². The van der Waals surface area contributed by atoms with E-state index in [1.54, 1.807) is 18.2 Å². The Hall–Kier alpha value is -3.69. The highest BCUT2D eigenvalue weighted by Gasteiger charge is 2.26. The van der Waals surface area contributed by atoms with Crippen LogP contribution in [0.15, 0.2) is 54.7 Å². The first kappa shape index (κ1) is 24.4. The van der Waals surface area contributed by atoms with Crippen molar-refractivity contribution in [1.29, 1.82) is 0 Å². The smallest absolute Gasteiger partial charge is 0.259 e. The predicted octanol–water partition coefficient (Wildman–Crippen LogP) is 3.76. The number of amides is 1. The maximum absolute atomic E-state index is 14.8. The van der Waals surface area contributed by atoms with Gasteiger partial charge in [0.1, 0.15) is 18.2 Å². The molecule has 3 aromatic rings. The second-order valence-electron chi connectivity index (χ2n) is 8.07. The monoisotopic (exact) mass is 480 g/mol. The molecule has 1 fully saturated rings. The number of hydrogen-bond donors (Lipinski definition) is 2. The number of aryl methyl sites for hydroxylation is 1. The molecule has 3 heterocycles. The maximum Gasteiger partial charge on any atom is 0.259 e. The molecular formula is C26H29FN4O4. The first-order valence-corrected chi connectivity index (χ1v) is 11.4. The van der Waals surface area contributed by atoms with E-state index in [0.29, 0.717) is 62.1 Å². The van der Waals surface area contributed by atoms with Gasteiger partial charge in [-0.3, -0.25) is 4.79 Å². The summed E-state index contributed by atoms with van der Waals surface area (Å²) in [6, 6.07) is 14.1. The Morgan fingerprint density at radius 2 is 1.83 bits per heavy atom. The molecule has 8 nitrogen and oxygen atoms in total. The van der Waals surface area contributed by atoms with E-state index >= 15 is 0 Å². The van der Waals surface area contributed by atoms with Crippen molar-refractivity contribution >= 4 is 28.8 Å². The van der Waals surface area contributed by atoms with Gasteiger partial charge < -0.3 is 29.7 Å². The molecular weight excluding hydrogens is 451 g/mol. The van der Waals surface area contributed by atoms with Crippen LogP contribution >= 0.6 is 0 Å². The standard InChI is InChI=1S/C25H25FN4O3.CH4O/c1-17-5-8-23(27-16-17)30-11-14-33-24-19(3-2-4-22(24)30)25(31)28-18-6-7-21(20(26)15-18)29-9-12-32-13-10-29;1-2/h2-8,15-16H,9-14H2,1H3,(H,28,31);2H,1H3. The average Bonchev–Trinajstić information content (AvgIpc) is 2.90. The lowest BCUT2D eigenvalue weighted by molar-refractivity contribution is 0.102. The van der Waals surface area contributed by atoms with Crippen LogP contribution in [0.4, 0.5) is 27.3 Å². The summed E-state index contributed by atoms with van der Waals surface area (Å²) < 4.78 is 26.0. The average molecular weight is 481 g/mol. The molecule has 0 aliphatic carbocycles. The minimum Gasteiger partial charge on any atom is -0.489 e. The molecule has 1 saturated heterocycles. The summed E-state index contributed by atoms with van der Waals surface area (Å²) in [7, 11) is 1.00. The lowest BCUT2D eigenvalue weighted by atomic mass is 10.1. The van der Waals surface area contributed by atoms with Gasteiger partial charge >= 0.3 is 0 Å². The fourth-order valence-electron chi connectivity index (χ4n) is 4.13. The summed E-state index contributed by atoms with van der Waals surface area (Å²) in [4.78, 5) is 21.6. The van der Waals surface area contributed by atoms with Gasteiger partial charge in [-0.1, -0.05) is 12.1 Å². The molecule has 0 atom stereocenters. The fraction of sp³-hybridized carbons (Fsp3) is 0.308. The van der Waals surface area contributed by atoms with Gasteiger partial charge in [0, 0.05) is 32.1 Å². The normalized spacial score (nSPS) is 14.9. The van der Waals surface area contributed by atoms with Crippen molar-refractivity contribution < 1.29 is 23.8 Å². The Balaban J connectivity index is 0.00000141. The minimum absolute atomic E-state index is 0.357. The van der Waals surface area contributed by atoms with E-state index in [0.717, 1.165) is 24.2 Å². The molecule has 0 saturated carbocycles. The zero-order chi connectivity index (χ0) is 24.8. The Bertz CT molecular complexity index is 1170. The number of fused-ring (bicyclic) bond motifs is 1. The number of morpholine rings is 1. The molecule has 0 unspecified atom stereocenters. The van der Waals surface area contributed by atoms with Gasteiger partial charge in [-0.15, -0.1) is 0 Å². The molecule has 35 heavy (non-hydrogen) atoms. The molecule has 184 valence electrons. The number of carbonyl (C=O) groups excluding carboxylic acids is 1. The zero-order valence-corrected chi connectivity index (χ0v) is 19.8. The third-order valence-corrected chi connectivity index (χ3v) is 5.82. The van der Waals surface area contributed by atoms with Gasteiger partial charge in [0.2, 0.25) is 0 Å². The number of nitrogens with one attached hydrogen (secondary N) is 1. The summed E-state index contributed by atoms with van der Waals surface area (Å²) in [5, 5.41) is 9.81. The fourth-order valence-corrected chi connectivity index (χ4v) is 4.13. The Morgan fingerprint density at radius 1 is 1.03 bits per heavy atom. The van der Waals surface area contributed by atoms with Crippen LogP contribution in [0.25, 0.3) is 0 Å². The number of aromatic nitrogens is 1. The van der Waals surface area contributed by atoms with Crippen molar-refractivity contribution in [2.45, 2.75) is 6.92 Å². The van der Waals surface area contributed by atoms with Crippen LogP contribution in [0, 0.1) is 12.7 Å². The van der Waals surface area contributed by atoms with Crippen LogP contribution in [0.3, 0.4) is 0 Å². The maximum atomic E-state index is 14.8. The zero-order valence-electron chi connectivity index (χ0n) is 19.8. The van der Waals surface area contributed by atoms with Gasteiger partial charge in [0.05, 0.1) is 36.7 Å². The number of aliphatic hydroxyl groups excluding tert-OH is 1. The number of rotatable bonds is 4. The number of aliphatic hydroxyl groups is 1. The van der Waals surface area contributed by atoms with E-state index in [4.69, 9.17) is 14.6 Å². The van der Waals surface area contributed by atoms with Crippen molar-refractivity contribution in [3.8, 4) is 5.75 Å². The lowest BCUT2D eigenvalue weighted by Gasteiger charge is -2.31. The minimum atomic E-state index is -0.377. The summed E-state index contributed by atoms with van der Waals surface area (Å²) in [5.74, 6) is 0.555. The Labute approximate surface area is 203 Å². The first-order valence-electron chi connectivity index (χ1n) is 11.4. The number of ether oxygens (including phenoxy) is 2. The van der Waals surface area contributed by atoms with Crippen LogP contribution in [-0.2, 0) is 4.74 Å². The van der Waals surface area contributed by atoms with E-state index in [1.165, 1.54) is 6.07 Å². The molecule has 5 rings (SSSR count). The van der Waals surface area contributed by atoms with E-state index in [2.05, 4.69) is 10.3 Å². The second-order valence-corrected chi connectivity index (χ2v) is 8.07. The van der Waals surface area contributed by atoms with Crippen LogP contribution in [-0.4, -0.2) is 62.6 Å². The van der Waals surface area contributed by atoms with Crippen molar-refractivity contribution in [1.82, 2.24) is 4.98 Å². The second kappa shape index (κ2) is 11.2. The van der Waals surface area contributed by atoms with Crippen LogP contribution in [0.1, 0.15) is 15.9 Å². The van der Waals surface area contributed by atoms with Gasteiger partial charge in [-0.2, -0.15) is 0 Å². The molecule has 0 radical (unpaired) electrons. The molecule has 2 aliphatic rings. The van der Waals surface area contributed by atoms with Crippen molar-refractivity contribution in [3.05, 3.63) is 71.7 Å². The summed E-state index contributed by atoms with van der Waals surface area (Å²) >= 11 is 0. The quantitative estimate of drug-likeness (QED) is 0.588. The number of carbonyl (C=O) groups is 1. The molecule has 1 aromatic heterocycles. The van der Waals surface area contributed by atoms with Crippen LogP contribution in [0.2, 0.25) is 0 Å². The van der Waals surface area contributed by atoms with E-state index in [-0.39, 0.29) is 11.7 Å². The molecule has 1 amide bonds. The highest BCUT2D eigenvalue weighted by atomic mass is 19.1. The third kappa shape index (κ3) is 5.36. The highest BCUT2D eigenvalue weighted by molar-refractivity contribution is 6.07. The van der Waals surface area contributed by atoms with Crippen molar-refractivity contribution in [2.24, 2.45) is 0 Å². The number of para-hydroxylation sites is 1. The van der Waals surface area contributed by atoms with Crippen molar-refractivity contribution in [3.63, 3.8) is 0 Å². The van der Waals surface area contributed by atoms with E-state index < -0.39 is 0 Å². The van der Waals surface area contributed by atoms with Crippen LogP contribution < -0.4 is 19.9 Å². The summed E-state index contributed by atoms with van der Waals surface area (Å²) in [6.45, 7) is 5.48. The lowest BCUT2D eigenvalue weighted by Crippen LogP contribution is -2.36. The van der Waals surface area contributed by atoms with E-state index in [9.17, 15) is 9.18 Å². The van der Waals surface area contributed by atoms with E-state index in [1.807, 2.05) is 47.2 Å². The third-order valence-electron chi connectivity index (χ3n) is 5.82. The number of nitrogens with zero attached hydrogens (tertiary/aromatic N) is 3. The number of benzene rings is 2. The predicted molar refractivity (Wildman–Crippen MR) is 133 cm³/mol. The molecule has 2 aliphatic heterocycles. The molecule has 0 spiro atoms. The van der Waals surface area contributed by atoms with Gasteiger partial charge in [0.25, 0.3) is 5.91 Å². The first-order chi connectivity index (χ1) is 17.1. The molecule has 2 N–H and O–H groups in total. The summed E-state index contributed by atoms with van der Waals surface area (Å²) in [5.41, 5.74) is 3.14. The largest absolute Gasteiger partial charge is 0.489 e. The van der Waals surface area contributed by atoms with Crippen LogP contribution in [0.5, 0.6) is 5.75 Å². The molecule has 0 bridgehead atoms. The SMILES string of the molecule is CO.Cc1ccc(N2CCOc3c(C(=O)Nc4ccc(N5CCOCC5)c(F)c4)cccc32)nc1. The Morgan fingerprint density at radius 3 is 2.54 bits per heavy atom. The van der Waals surface area contributed by atoms with Gasteiger partial charge in [-0.05, 0) is 48.9 Å². The topological polar surface area (TPSA) is 87.2 Å². The summed E-state index contributed by atoms with van der Waals surface area (Å²) in [6.07, 6.45) is 1.82. The van der Waals surface area contributed by atoms with Gasteiger partial charge in [-0.25, -0.2) is 9.37 Å². The Kier molecular flexibility index (Phi) is 7.79. The number of pyridine rings is 1. The number of halogens is 1. The van der Waals surface area contributed by atoms with Crippen molar-refractivity contribution in [2.75, 3.05) is 61.7 Å². The highest BCUT2D eigenvalue weighted by Crippen LogP contribution is 2.38. The molecule has 2 aromatic carbocycles. The molecule has 9 heteroatoms. The number of hydrogen-bond acceptors (Lipinski definition) is 7. The number of anilines is 4.